The van der Waals surface area contributed by atoms with Crippen molar-refractivity contribution in [3.8, 4) is 0 Å². The maximum Gasteiger partial charge on any atom is 0.272 e. The van der Waals surface area contributed by atoms with Gasteiger partial charge in [-0.25, -0.2) is 0 Å². The average Bonchev–Trinajstić information content (AvgIpc) is 2.91. The third-order valence-corrected chi connectivity index (χ3v) is 3.42. The van der Waals surface area contributed by atoms with E-state index in [0.717, 1.165) is 29.7 Å². The fraction of sp³-hybridized carbons (Fsp3) is 0.375. The van der Waals surface area contributed by atoms with Crippen LogP contribution in [0.1, 0.15) is 43.1 Å². The van der Waals surface area contributed by atoms with Gasteiger partial charge in [0.15, 0.2) is 0 Å². The Hall–Kier alpha value is -2.10. The molecule has 0 unspecified atom stereocenters. The van der Waals surface area contributed by atoms with Crippen molar-refractivity contribution in [2.75, 3.05) is 0 Å². The Morgan fingerprint density at radius 1 is 1.25 bits per heavy atom. The number of furan rings is 1. The summed E-state index contributed by atoms with van der Waals surface area (Å²) in [5.41, 5.74) is 2.04. The van der Waals surface area contributed by atoms with Gasteiger partial charge in [0.25, 0.3) is 5.69 Å². The van der Waals surface area contributed by atoms with Gasteiger partial charge in [0, 0.05) is 18.1 Å². The summed E-state index contributed by atoms with van der Waals surface area (Å²) >= 11 is 0. The van der Waals surface area contributed by atoms with Gasteiger partial charge in [0.2, 0.25) is 0 Å². The first-order chi connectivity index (χ1) is 9.58. The van der Waals surface area contributed by atoms with E-state index in [2.05, 4.69) is 0 Å². The van der Waals surface area contributed by atoms with Crippen LogP contribution in [0.15, 0.2) is 41.0 Å². The molecule has 0 atom stereocenters. The first kappa shape index (κ1) is 14.3. The maximum absolute atomic E-state index is 11.2. The van der Waals surface area contributed by atoms with Crippen LogP contribution in [0.25, 0.3) is 0 Å². The monoisotopic (exact) mass is 273 g/mol. The summed E-state index contributed by atoms with van der Waals surface area (Å²) in [6.45, 7) is 4.07. The lowest BCUT2D eigenvalue weighted by atomic mass is 9.98. The number of nitro benzene ring substituents is 1. The standard InChI is InChI=1S/C16H19NO3/c1-12(2)14-9-8-13(16(11-14)17(18)19)5-3-6-15-7-4-10-20-15/h4,7-12H,3,5-6H2,1-2H3. The first-order valence-electron chi connectivity index (χ1n) is 6.87. The van der Waals surface area contributed by atoms with Gasteiger partial charge in [0.05, 0.1) is 11.2 Å². The Balaban J connectivity index is 2.08. The maximum atomic E-state index is 11.2. The third kappa shape index (κ3) is 3.47. The van der Waals surface area contributed by atoms with Crippen molar-refractivity contribution < 1.29 is 9.34 Å². The molecule has 0 aliphatic carbocycles. The number of hydrogen-bond donors (Lipinski definition) is 0. The topological polar surface area (TPSA) is 56.3 Å². The van der Waals surface area contributed by atoms with Crippen LogP contribution in [0.5, 0.6) is 0 Å². The molecular formula is C16H19NO3. The van der Waals surface area contributed by atoms with Crippen LogP contribution in [0.4, 0.5) is 5.69 Å². The summed E-state index contributed by atoms with van der Waals surface area (Å²) in [5, 5.41) is 11.2. The molecule has 0 saturated carbocycles. The van der Waals surface area contributed by atoms with E-state index >= 15 is 0 Å². The van der Waals surface area contributed by atoms with Crippen molar-refractivity contribution in [1.82, 2.24) is 0 Å². The van der Waals surface area contributed by atoms with Crippen LogP contribution >= 0.6 is 0 Å². The van der Waals surface area contributed by atoms with E-state index in [-0.39, 0.29) is 10.6 Å². The highest BCUT2D eigenvalue weighted by Crippen LogP contribution is 2.26. The lowest BCUT2D eigenvalue weighted by Gasteiger charge is -2.08. The molecule has 1 aromatic carbocycles. The molecule has 0 saturated heterocycles. The molecule has 0 aliphatic heterocycles. The van der Waals surface area contributed by atoms with E-state index in [9.17, 15) is 10.1 Å². The summed E-state index contributed by atoms with van der Waals surface area (Å²) in [6, 6.07) is 9.36. The van der Waals surface area contributed by atoms with E-state index in [1.54, 1.807) is 12.3 Å². The molecule has 106 valence electrons. The number of hydrogen-bond acceptors (Lipinski definition) is 3. The van der Waals surface area contributed by atoms with Gasteiger partial charge in [-0.3, -0.25) is 10.1 Å². The number of nitrogens with zero attached hydrogens (tertiary/aromatic N) is 1. The second kappa shape index (κ2) is 6.37. The van der Waals surface area contributed by atoms with E-state index < -0.39 is 0 Å². The molecule has 2 rings (SSSR count). The third-order valence-electron chi connectivity index (χ3n) is 3.42. The molecule has 0 amide bonds. The second-order valence-electron chi connectivity index (χ2n) is 5.23. The Morgan fingerprint density at radius 2 is 2.05 bits per heavy atom. The van der Waals surface area contributed by atoms with Gasteiger partial charge in [-0.15, -0.1) is 0 Å². The Kier molecular flexibility index (Phi) is 4.56. The van der Waals surface area contributed by atoms with Gasteiger partial charge in [-0.1, -0.05) is 26.0 Å². The van der Waals surface area contributed by atoms with Gasteiger partial charge >= 0.3 is 0 Å². The van der Waals surface area contributed by atoms with Crippen molar-refractivity contribution in [3.63, 3.8) is 0 Å². The molecule has 2 aromatic rings. The summed E-state index contributed by atoms with van der Waals surface area (Å²) in [4.78, 5) is 10.9. The molecule has 0 spiro atoms. The lowest BCUT2D eigenvalue weighted by Crippen LogP contribution is -1.99. The van der Waals surface area contributed by atoms with Crippen molar-refractivity contribution in [2.45, 2.75) is 39.0 Å². The minimum atomic E-state index is -0.284. The summed E-state index contributed by atoms with van der Waals surface area (Å²) in [6.07, 6.45) is 3.98. The highest BCUT2D eigenvalue weighted by molar-refractivity contribution is 5.44. The molecule has 0 bridgehead atoms. The summed E-state index contributed by atoms with van der Waals surface area (Å²) in [5.74, 6) is 1.22. The predicted octanol–water partition coefficient (Wildman–Crippen LogP) is 4.49. The fourth-order valence-corrected chi connectivity index (χ4v) is 2.23. The largest absolute Gasteiger partial charge is 0.469 e. The Labute approximate surface area is 118 Å². The zero-order chi connectivity index (χ0) is 14.5. The van der Waals surface area contributed by atoms with Gasteiger partial charge in [0.1, 0.15) is 5.76 Å². The van der Waals surface area contributed by atoms with Crippen molar-refractivity contribution in [3.05, 3.63) is 63.6 Å². The molecule has 0 radical (unpaired) electrons. The lowest BCUT2D eigenvalue weighted by molar-refractivity contribution is -0.385. The van der Waals surface area contributed by atoms with Gasteiger partial charge < -0.3 is 4.42 Å². The highest BCUT2D eigenvalue weighted by atomic mass is 16.6. The molecule has 20 heavy (non-hydrogen) atoms. The molecule has 4 nitrogen and oxygen atoms in total. The first-order valence-corrected chi connectivity index (χ1v) is 6.87. The van der Waals surface area contributed by atoms with Gasteiger partial charge in [-0.05, 0) is 36.5 Å². The van der Waals surface area contributed by atoms with E-state index in [0.29, 0.717) is 12.3 Å². The van der Waals surface area contributed by atoms with Crippen LogP contribution in [0.3, 0.4) is 0 Å². The smallest absolute Gasteiger partial charge is 0.272 e. The van der Waals surface area contributed by atoms with Crippen LogP contribution < -0.4 is 0 Å². The fourth-order valence-electron chi connectivity index (χ4n) is 2.23. The molecule has 0 N–H and O–H groups in total. The Morgan fingerprint density at radius 3 is 2.65 bits per heavy atom. The minimum absolute atomic E-state index is 0.232. The summed E-state index contributed by atoms with van der Waals surface area (Å²) < 4.78 is 5.27. The van der Waals surface area contributed by atoms with Crippen LogP contribution in [0.2, 0.25) is 0 Å². The predicted molar refractivity (Wildman–Crippen MR) is 77.9 cm³/mol. The van der Waals surface area contributed by atoms with E-state index in [1.807, 2.05) is 38.1 Å². The quantitative estimate of drug-likeness (QED) is 0.575. The number of nitro groups is 1. The number of rotatable bonds is 6. The zero-order valence-corrected chi connectivity index (χ0v) is 11.8. The zero-order valence-electron chi connectivity index (χ0n) is 11.8. The van der Waals surface area contributed by atoms with Crippen molar-refractivity contribution in [1.29, 1.82) is 0 Å². The Bertz CT molecular complexity index is 573. The van der Waals surface area contributed by atoms with Crippen molar-refractivity contribution in [2.24, 2.45) is 0 Å². The molecule has 0 aliphatic rings. The summed E-state index contributed by atoms with van der Waals surface area (Å²) in [7, 11) is 0. The van der Waals surface area contributed by atoms with Crippen LogP contribution in [-0.2, 0) is 12.8 Å². The second-order valence-corrected chi connectivity index (χ2v) is 5.23. The SMILES string of the molecule is CC(C)c1ccc(CCCc2ccco2)c([N+](=O)[O-])c1. The highest BCUT2D eigenvalue weighted by Gasteiger charge is 2.15. The van der Waals surface area contributed by atoms with Crippen molar-refractivity contribution >= 4 is 5.69 Å². The van der Waals surface area contributed by atoms with E-state index in [4.69, 9.17) is 4.42 Å². The molecule has 1 heterocycles. The average molecular weight is 273 g/mol. The number of benzene rings is 1. The molecule has 1 aromatic heterocycles. The molecule has 4 heteroatoms. The molecule has 0 fully saturated rings. The number of aryl methyl sites for hydroxylation is 2. The normalized spacial score (nSPS) is 10.9. The van der Waals surface area contributed by atoms with Crippen LogP contribution in [0, 0.1) is 10.1 Å². The van der Waals surface area contributed by atoms with Gasteiger partial charge in [-0.2, -0.15) is 0 Å². The van der Waals surface area contributed by atoms with E-state index in [1.165, 1.54) is 0 Å². The van der Waals surface area contributed by atoms with Crippen LogP contribution in [-0.4, -0.2) is 4.92 Å². The molecular weight excluding hydrogens is 254 g/mol. The minimum Gasteiger partial charge on any atom is -0.469 e.